The molecule has 320 valence electrons. The molecule has 8 rings (SSSR count). The Morgan fingerprint density at radius 1 is 0.952 bits per heavy atom. The number of carbonyl (C=O) groups excluding carboxylic acids is 3. The summed E-state index contributed by atoms with van der Waals surface area (Å²) in [4.78, 5) is 45.1. The van der Waals surface area contributed by atoms with Crippen LogP contribution in [0.4, 0.5) is 5.13 Å². The number of rotatable bonds is 12. The summed E-state index contributed by atoms with van der Waals surface area (Å²) < 4.78 is 42.2. The Morgan fingerprint density at radius 3 is 2.27 bits per heavy atom. The van der Waals surface area contributed by atoms with Gasteiger partial charge in [0.15, 0.2) is 27.0 Å². The molecule has 12 nitrogen and oxygen atoms in total. The van der Waals surface area contributed by atoms with Crippen molar-refractivity contribution in [2.75, 3.05) is 5.73 Å². The summed E-state index contributed by atoms with van der Waals surface area (Å²) in [6.45, 7) is 2.98. The molecule has 16 heteroatoms. The summed E-state index contributed by atoms with van der Waals surface area (Å²) in [7, 11) is -4.35. The number of fused-ring (bicyclic) bond motifs is 2. The van der Waals surface area contributed by atoms with Gasteiger partial charge in [0.25, 0.3) is 10.0 Å². The highest BCUT2D eigenvalue weighted by Crippen LogP contribution is 2.40. The van der Waals surface area contributed by atoms with Crippen LogP contribution in [0.1, 0.15) is 57.7 Å². The van der Waals surface area contributed by atoms with Gasteiger partial charge in [-0.2, -0.15) is 9.57 Å². The molecule has 0 radical (unpaired) electrons. The van der Waals surface area contributed by atoms with Crippen molar-refractivity contribution in [2.45, 2.75) is 68.7 Å². The zero-order valence-corrected chi connectivity index (χ0v) is 37.1. The van der Waals surface area contributed by atoms with Crippen molar-refractivity contribution >= 4 is 67.2 Å². The number of hydrogen-bond donors (Lipinski definition) is 2. The fourth-order valence-corrected chi connectivity index (χ4v) is 11.0. The van der Waals surface area contributed by atoms with Crippen molar-refractivity contribution < 1.29 is 32.3 Å². The van der Waals surface area contributed by atoms with Crippen LogP contribution >= 0.6 is 34.5 Å². The predicted octanol–water partition coefficient (Wildman–Crippen LogP) is 8.14. The van der Waals surface area contributed by atoms with E-state index < -0.39 is 34.1 Å². The molecule has 1 amide bonds. The minimum absolute atomic E-state index is 0.0355. The summed E-state index contributed by atoms with van der Waals surface area (Å²) in [5, 5.41) is 12.9. The van der Waals surface area contributed by atoms with Gasteiger partial charge >= 0.3 is 0 Å². The lowest BCUT2D eigenvalue weighted by molar-refractivity contribution is -0.129. The van der Waals surface area contributed by atoms with Crippen molar-refractivity contribution in [2.24, 2.45) is 0 Å². The van der Waals surface area contributed by atoms with Gasteiger partial charge in [0.05, 0.1) is 33.4 Å². The number of halogens is 2. The molecule has 6 aromatic rings. The van der Waals surface area contributed by atoms with Gasteiger partial charge in [-0.25, -0.2) is 13.4 Å². The quantitative estimate of drug-likeness (QED) is 0.122. The maximum absolute atomic E-state index is 14.5. The van der Waals surface area contributed by atoms with Gasteiger partial charge in [-0.15, -0.1) is 0 Å². The third-order valence-corrected chi connectivity index (χ3v) is 15.3. The van der Waals surface area contributed by atoms with Gasteiger partial charge in [0, 0.05) is 24.1 Å². The van der Waals surface area contributed by atoms with Gasteiger partial charge in [-0.3, -0.25) is 14.4 Å². The van der Waals surface area contributed by atoms with Crippen molar-refractivity contribution in [3.8, 4) is 28.7 Å². The molecular formula is C47H39Cl2N5O7S2. The van der Waals surface area contributed by atoms with Crippen LogP contribution in [0.25, 0.3) is 11.1 Å². The first-order valence-electron chi connectivity index (χ1n) is 19.8. The monoisotopic (exact) mass is 919 g/mol. The number of carbonyl (C=O) groups is 3. The van der Waals surface area contributed by atoms with E-state index in [-0.39, 0.29) is 59.0 Å². The number of nitrogens with zero attached hydrogens (tertiary/aromatic N) is 3. The van der Waals surface area contributed by atoms with Crippen LogP contribution in [-0.2, 0) is 56.8 Å². The van der Waals surface area contributed by atoms with Crippen LogP contribution in [0.3, 0.4) is 0 Å². The molecule has 0 bridgehead atoms. The number of ketones is 2. The summed E-state index contributed by atoms with van der Waals surface area (Å²) in [5.74, 6) is -0.124. The van der Waals surface area contributed by atoms with Crippen molar-refractivity contribution in [3.05, 3.63) is 158 Å². The standard InChI is InChI=1S/C47H39Cl2N5O7S2/c1-26-46(62-47(51)52-26)63(58,59)54-24-36-22-43-35(21-42(56)44(61-43)33-12-14-37(15-13-33)60-25-30-7-16-38(48)39(49)17-30)19-34(36)20-41(54)45(57)53-40(27(2)55)18-28-3-8-31(9-4-28)32-10-5-29(23-50)6-11-32/h3-17,19,22,40-41,44H,18,20-21,24-25H2,1-2H3,(H2,51,52)(H,53,57)/t40-,41-,44?/m0/s1. The zero-order chi connectivity index (χ0) is 44.6. The van der Waals surface area contributed by atoms with Crippen LogP contribution in [0, 0.1) is 18.3 Å². The number of thiazole rings is 1. The number of hydrogen-bond acceptors (Lipinski definition) is 11. The molecule has 0 spiro atoms. The third kappa shape index (κ3) is 9.34. The van der Waals surface area contributed by atoms with E-state index in [4.69, 9.17) is 43.7 Å². The van der Waals surface area contributed by atoms with Crippen LogP contribution in [0.5, 0.6) is 11.5 Å². The number of aromatic nitrogens is 1. The number of nitrogens with two attached hydrogens (primary N) is 1. The SMILES string of the molecule is CC(=O)[C@H](Cc1ccc(-c2ccc(C#N)cc2)cc1)NC(=O)[C@@H]1Cc2cc3c(cc2CN1S(=O)(=O)c1sc(N)nc1C)OC(c1ccc(OCc2ccc(Cl)c(Cl)c2)cc1)C(=O)C3. The van der Waals surface area contributed by atoms with E-state index in [9.17, 15) is 22.8 Å². The zero-order valence-electron chi connectivity index (χ0n) is 33.9. The van der Waals surface area contributed by atoms with Crippen LogP contribution < -0.4 is 20.5 Å². The first-order chi connectivity index (χ1) is 30.2. The molecule has 0 fully saturated rings. The minimum atomic E-state index is -4.35. The Kier molecular flexibility index (Phi) is 12.4. The largest absolute Gasteiger partial charge is 0.489 e. The van der Waals surface area contributed by atoms with Crippen LogP contribution in [0.15, 0.2) is 107 Å². The summed E-state index contributed by atoms with van der Waals surface area (Å²) in [6.07, 6.45) is -0.734. The van der Waals surface area contributed by atoms with Crippen LogP contribution in [-0.4, -0.2) is 47.3 Å². The summed E-state index contributed by atoms with van der Waals surface area (Å²) >= 11 is 13.0. The third-order valence-electron chi connectivity index (χ3n) is 11.1. The minimum Gasteiger partial charge on any atom is -0.489 e. The van der Waals surface area contributed by atoms with Gasteiger partial charge in [-0.05, 0) is 103 Å². The molecule has 1 unspecified atom stereocenters. The second kappa shape index (κ2) is 18.0. The number of anilines is 1. The first-order valence-corrected chi connectivity index (χ1v) is 22.8. The molecule has 63 heavy (non-hydrogen) atoms. The molecule has 5 aromatic carbocycles. The van der Waals surface area contributed by atoms with E-state index in [1.54, 1.807) is 67.6 Å². The number of amides is 1. The number of ether oxygens (including phenoxy) is 2. The van der Waals surface area contributed by atoms with E-state index in [1.807, 2.05) is 42.5 Å². The Labute approximate surface area is 378 Å². The van der Waals surface area contributed by atoms with Gasteiger partial charge in [0.1, 0.15) is 24.1 Å². The highest BCUT2D eigenvalue weighted by molar-refractivity contribution is 7.91. The van der Waals surface area contributed by atoms with Crippen LogP contribution in [0.2, 0.25) is 10.0 Å². The molecule has 3 N–H and O–H groups in total. The maximum Gasteiger partial charge on any atom is 0.255 e. The van der Waals surface area contributed by atoms with Gasteiger partial charge in [-0.1, -0.05) is 95.2 Å². The molecule has 2 aliphatic heterocycles. The highest BCUT2D eigenvalue weighted by Gasteiger charge is 2.43. The lowest BCUT2D eigenvalue weighted by Crippen LogP contribution is -2.55. The number of sulfonamides is 1. The molecule has 3 atom stereocenters. The molecule has 2 aliphatic rings. The van der Waals surface area contributed by atoms with Gasteiger partial charge in [0.2, 0.25) is 5.91 Å². The molecule has 0 saturated carbocycles. The van der Waals surface area contributed by atoms with E-state index in [2.05, 4.69) is 16.4 Å². The first kappa shape index (κ1) is 43.6. The maximum atomic E-state index is 14.5. The average molecular weight is 921 g/mol. The Hall–Kier alpha value is -6.08. The smallest absolute Gasteiger partial charge is 0.255 e. The summed E-state index contributed by atoms with van der Waals surface area (Å²) in [5.41, 5.74) is 12.7. The number of nitriles is 1. The topological polar surface area (TPSA) is 182 Å². The second-order valence-electron chi connectivity index (χ2n) is 15.4. The molecule has 1 aromatic heterocycles. The number of benzene rings is 5. The van der Waals surface area contributed by atoms with E-state index >= 15 is 0 Å². The Balaban J connectivity index is 1.02. The van der Waals surface area contributed by atoms with Crippen molar-refractivity contribution in [1.29, 1.82) is 5.26 Å². The van der Waals surface area contributed by atoms with E-state index in [1.165, 1.54) is 6.92 Å². The normalized spacial score (nSPS) is 16.5. The lowest BCUT2D eigenvalue weighted by Gasteiger charge is -2.36. The highest BCUT2D eigenvalue weighted by atomic mass is 35.5. The van der Waals surface area contributed by atoms with Gasteiger partial charge < -0.3 is 20.5 Å². The average Bonchev–Trinajstić information content (AvgIpc) is 3.63. The molecule has 3 heterocycles. The number of Topliss-reactive ketones (excluding diaryl/α,β-unsaturated/α-hetero) is 2. The number of nitrogen functional groups attached to an aromatic ring is 1. The second-order valence-corrected chi connectivity index (χ2v) is 19.4. The predicted molar refractivity (Wildman–Crippen MR) is 240 cm³/mol. The van der Waals surface area contributed by atoms with E-state index in [0.29, 0.717) is 49.4 Å². The fourth-order valence-electron chi connectivity index (χ4n) is 7.75. The summed E-state index contributed by atoms with van der Waals surface area (Å²) in [6, 6.07) is 30.4. The fraction of sp³-hybridized carbons (Fsp3) is 0.213. The Morgan fingerprint density at radius 2 is 1.63 bits per heavy atom. The lowest BCUT2D eigenvalue weighted by atomic mass is 9.89. The number of aryl methyl sites for hydroxylation is 1. The van der Waals surface area contributed by atoms with E-state index in [0.717, 1.165) is 37.9 Å². The molecule has 0 saturated heterocycles. The number of nitrogens with one attached hydrogen (secondary N) is 1. The van der Waals surface area contributed by atoms with Crippen molar-refractivity contribution in [3.63, 3.8) is 0 Å². The van der Waals surface area contributed by atoms with Crippen molar-refractivity contribution in [1.82, 2.24) is 14.6 Å². The molecule has 0 aliphatic carbocycles. The molecular weight excluding hydrogens is 882 g/mol. The Bertz CT molecular complexity index is 2920.